The topological polar surface area (TPSA) is 140 Å². The fraction of sp³-hybridized carbons (Fsp3) is 0.308. The second-order valence-electron chi connectivity index (χ2n) is 8.60. The van der Waals surface area contributed by atoms with E-state index in [9.17, 15) is 4.79 Å². The van der Waals surface area contributed by atoms with Crippen LogP contribution >= 0.6 is 0 Å². The van der Waals surface area contributed by atoms with E-state index in [2.05, 4.69) is 76.4 Å². The van der Waals surface area contributed by atoms with E-state index in [0.717, 1.165) is 42.3 Å². The Bertz CT molecular complexity index is 1370. The van der Waals surface area contributed by atoms with Crippen molar-refractivity contribution in [1.29, 1.82) is 0 Å². The lowest BCUT2D eigenvalue weighted by molar-refractivity contribution is -2.00. The van der Waals surface area contributed by atoms with Crippen molar-refractivity contribution in [2.75, 3.05) is 18.1 Å². The zero-order valence-electron chi connectivity index (χ0n) is 20.8. The second kappa shape index (κ2) is 10.9. The molecule has 0 amide bonds. The molecule has 0 radical (unpaired) electrons. The molecule has 0 atom stereocenters. The number of benzene rings is 2. The number of para-hydroxylation sites is 2. The number of aryl methyl sites for hydroxylation is 2. The molecule has 0 fully saturated rings. The highest BCUT2D eigenvalue weighted by Gasteiger charge is 2.33. The molecule has 0 unspecified atom stereocenters. The van der Waals surface area contributed by atoms with Crippen LogP contribution < -0.4 is 32.8 Å². The van der Waals surface area contributed by atoms with Gasteiger partial charge in [-0.1, -0.05) is 18.2 Å². The number of aromatic nitrogens is 2. The van der Waals surface area contributed by atoms with Gasteiger partial charge in [-0.25, -0.2) is 27.8 Å². The highest BCUT2D eigenvalue weighted by Crippen LogP contribution is 2.39. The first kappa shape index (κ1) is 26.6. The fourth-order valence-corrected chi connectivity index (χ4v) is 4.71. The quantitative estimate of drug-likeness (QED) is 0.321. The molecular formula is C26H28ClN3O7. The lowest BCUT2D eigenvalue weighted by atomic mass is 10.2. The van der Waals surface area contributed by atoms with Gasteiger partial charge < -0.3 is 14.4 Å². The average molecular weight is 530 g/mol. The number of allylic oxidation sites excluding steroid dienone is 3. The van der Waals surface area contributed by atoms with Crippen molar-refractivity contribution in [2.24, 2.45) is 0 Å². The first-order valence-electron chi connectivity index (χ1n) is 11.8. The van der Waals surface area contributed by atoms with Gasteiger partial charge in [0.2, 0.25) is 5.88 Å². The van der Waals surface area contributed by atoms with Crippen molar-refractivity contribution in [3.63, 3.8) is 0 Å². The molecule has 2 aromatic carbocycles. The molecule has 0 aliphatic carbocycles. The molecule has 3 aromatic rings. The average Bonchev–Trinajstić information content (AvgIpc) is 3.48. The summed E-state index contributed by atoms with van der Waals surface area (Å²) >= 11 is 0. The third-order valence-electron chi connectivity index (χ3n) is 6.12. The van der Waals surface area contributed by atoms with E-state index in [1.54, 1.807) is 0 Å². The van der Waals surface area contributed by atoms with E-state index >= 15 is 0 Å². The summed E-state index contributed by atoms with van der Waals surface area (Å²) in [5.41, 5.74) is 5.96. The maximum atomic E-state index is 11.3. The Balaban J connectivity index is 0.000000586. The lowest BCUT2D eigenvalue weighted by Crippen LogP contribution is -2.68. The monoisotopic (exact) mass is 529 g/mol. The van der Waals surface area contributed by atoms with Crippen molar-refractivity contribution in [2.45, 2.75) is 40.3 Å². The van der Waals surface area contributed by atoms with Gasteiger partial charge in [-0.2, -0.15) is 0 Å². The Labute approximate surface area is 216 Å². The van der Waals surface area contributed by atoms with Crippen molar-refractivity contribution in [3.05, 3.63) is 71.9 Å². The van der Waals surface area contributed by atoms with Crippen LogP contribution in [-0.2, 0) is 22.6 Å². The highest BCUT2D eigenvalue weighted by molar-refractivity contribution is 5.78. The minimum absolute atomic E-state index is 0.251. The Hall–Kier alpha value is -3.41. The van der Waals surface area contributed by atoms with Gasteiger partial charge in [-0.3, -0.25) is 4.79 Å². The first-order valence-corrected chi connectivity index (χ1v) is 13.0. The van der Waals surface area contributed by atoms with Crippen LogP contribution in [0, 0.1) is 17.2 Å². The Morgan fingerprint density at radius 3 is 2.59 bits per heavy atom. The Morgan fingerprint density at radius 1 is 1.16 bits per heavy atom. The first-order chi connectivity index (χ1) is 17.6. The molecule has 0 saturated heterocycles. The molecule has 1 aromatic heterocycles. The van der Waals surface area contributed by atoms with Crippen LogP contribution in [0.2, 0.25) is 0 Å². The Kier molecular flexibility index (Phi) is 7.86. The highest BCUT2D eigenvalue weighted by atomic mass is 35.7. The molecule has 0 spiro atoms. The summed E-state index contributed by atoms with van der Waals surface area (Å²) in [5, 5.41) is 0. The largest absolute Gasteiger partial charge is 0.462 e. The number of fused-ring (bicyclic) bond motifs is 4. The number of hydrogen-bond acceptors (Lipinski definition) is 8. The lowest BCUT2D eigenvalue weighted by Gasteiger charge is -2.17. The van der Waals surface area contributed by atoms with Gasteiger partial charge in [0.15, 0.2) is 16.8 Å². The third-order valence-corrected chi connectivity index (χ3v) is 6.12. The van der Waals surface area contributed by atoms with Gasteiger partial charge in [0.25, 0.3) is 5.82 Å². The van der Waals surface area contributed by atoms with Crippen molar-refractivity contribution in [3.8, 4) is 5.75 Å². The van der Waals surface area contributed by atoms with Gasteiger partial charge in [-0.05, 0) is 55.8 Å². The summed E-state index contributed by atoms with van der Waals surface area (Å²) in [7, 11) is -4.94. The van der Waals surface area contributed by atoms with Crippen molar-refractivity contribution < 1.29 is 47.7 Å². The molecule has 0 bridgehead atoms. The molecule has 2 aliphatic heterocycles. The van der Waals surface area contributed by atoms with Crippen molar-refractivity contribution in [1.82, 2.24) is 4.57 Å². The van der Waals surface area contributed by atoms with Crippen LogP contribution in [0.5, 0.6) is 5.75 Å². The molecule has 11 heteroatoms. The van der Waals surface area contributed by atoms with E-state index in [-0.39, 0.29) is 5.97 Å². The molecule has 2 aliphatic rings. The van der Waals surface area contributed by atoms with Gasteiger partial charge in [0.1, 0.15) is 13.2 Å². The van der Waals surface area contributed by atoms with Crippen LogP contribution in [0.15, 0.2) is 60.5 Å². The smallest absolute Gasteiger partial charge is 0.302 e. The predicted molar refractivity (Wildman–Crippen MR) is 124 cm³/mol. The number of ether oxygens (including phenoxy) is 2. The minimum atomic E-state index is -4.94. The van der Waals surface area contributed by atoms with Crippen LogP contribution in [0.1, 0.15) is 31.7 Å². The number of esters is 1. The van der Waals surface area contributed by atoms with Gasteiger partial charge in [-0.15, -0.1) is 10.2 Å². The summed E-state index contributed by atoms with van der Waals surface area (Å²) < 4.78 is 50.0. The standard InChI is InChI=1S/C26H28N3O3.ClHO4/c1-4-27-23-17-18(2)9-11-24(23)32-25(27)12-10-20-13-14-28-21-7-5-6-8-22(21)29(26(20)28)15-16-31-19(3)30;2-1(3,4)5/h5-12,17H,4,13-16H2,1-3H3;(H,2,3,4,5)/q+1;/p-1. The zero-order valence-corrected chi connectivity index (χ0v) is 21.6. The number of rotatable bonds is 5. The number of carbonyl (C=O) groups excluding carboxylic acids is 1. The zero-order chi connectivity index (χ0) is 26.7. The molecule has 0 saturated carbocycles. The number of carbonyl (C=O) groups is 1. The summed E-state index contributed by atoms with van der Waals surface area (Å²) in [6.07, 6.45) is 5.21. The summed E-state index contributed by atoms with van der Waals surface area (Å²) in [4.78, 5) is 13.5. The number of halogens is 1. The molecular weight excluding hydrogens is 502 g/mol. The molecule has 37 heavy (non-hydrogen) atoms. The molecule has 5 rings (SSSR count). The minimum Gasteiger partial charge on any atom is -0.462 e. The number of hydrogen-bond donors (Lipinski definition) is 0. The molecule has 0 N–H and O–H groups in total. The summed E-state index contributed by atoms with van der Waals surface area (Å²) in [5.74, 6) is 2.67. The second-order valence-corrected chi connectivity index (χ2v) is 9.35. The van der Waals surface area contributed by atoms with E-state index < -0.39 is 10.2 Å². The van der Waals surface area contributed by atoms with Gasteiger partial charge in [0, 0.05) is 25.5 Å². The van der Waals surface area contributed by atoms with Crippen molar-refractivity contribution >= 4 is 28.3 Å². The normalized spacial score (nSPS) is 16.5. The summed E-state index contributed by atoms with van der Waals surface area (Å²) in [6.45, 7) is 8.44. The summed E-state index contributed by atoms with van der Waals surface area (Å²) in [6, 6.07) is 14.7. The van der Waals surface area contributed by atoms with E-state index in [0.29, 0.717) is 13.2 Å². The van der Waals surface area contributed by atoms with E-state index in [1.165, 1.54) is 29.4 Å². The SMILES string of the molecule is CCN1C(=CC=C2CCn3c2[n+](CCOC(C)=O)c2ccccc23)Oc2ccc(C)cc21.[O-][Cl+3]([O-])([O-])[O-]. The molecule has 10 nitrogen and oxygen atoms in total. The van der Waals surface area contributed by atoms with E-state index in [4.69, 9.17) is 28.1 Å². The van der Waals surface area contributed by atoms with Crippen LogP contribution in [0.4, 0.5) is 5.69 Å². The molecule has 196 valence electrons. The van der Waals surface area contributed by atoms with Crippen LogP contribution in [-0.4, -0.2) is 23.7 Å². The maximum Gasteiger partial charge on any atom is 0.302 e. The van der Waals surface area contributed by atoms with Crippen LogP contribution in [0.25, 0.3) is 16.6 Å². The van der Waals surface area contributed by atoms with E-state index in [1.807, 2.05) is 6.07 Å². The number of anilines is 1. The third kappa shape index (κ3) is 6.12. The van der Waals surface area contributed by atoms with Gasteiger partial charge in [0.05, 0.1) is 12.2 Å². The predicted octanol–water partition coefficient (Wildman–Crippen LogP) is -0.408. The van der Waals surface area contributed by atoms with Gasteiger partial charge >= 0.3 is 5.97 Å². The maximum absolute atomic E-state index is 11.3. The van der Waals surface area contributed by atoms with Crippen LogP contribution in [0.3, 0.4) is 0 Å². The fourth-order valence-electron chi connectivity index (χ4n) is 4.71. The number of nitrogens with zero attached hydrogens (tertiary/aromatic N) is 3. The number of imidazole rings is 1. The Morgan fingerprint density at radius 2 is 1.89 bits per heavy atom. The molecule has 3 heterocycles.